The minimum absolute atomic E-state index is 0.305. The fraction of sp³-hybridized carbons (Fsp3) is 0.238. The molecule has 0 N–H and O–H groups in total. The van der Waals surface area contributed by atoms with E-state index in [1.165, 1.54) is 10.6 Å². The van der Waals surface area contributed by atoms with Crippen LogP contribution in [-0.2, 0) is 9.53 Å². The van der Waals surface area contributed by atoms with E-state index in [0.29, 0.717) is 15.6 Å². The standard InChI is InChI=1S/C21H19ClN2O3S/c1-14-12-15(2-7-18(14)23-8-10-27-11-9-23)13-19-20(25)24(21(26)28-19)17-5-3-16(22)4-6-17/h2-7,12-13H,8-11H2,1H3/b19-13+. The highest BCUT2D eigenvalue weighted by atomic mass is 35.5. The molecule has 28 heavy (non-hydrogen) atoms. The molecule has 2 saturated heterocycles. The molecular weight excluding hydrogens is 396 g/mol. The molecule has 2 aromatic rings. The van der Waals surface area contributed by atoms with Crippen molar-refractivity contribution >= 4 is 52.0 Å². The number of benzene rings is 2. The smallest absolute Gasteiger partial charge is 0.298 e. The second-order valence-corrected chi connectivity index (χ2v) is 8.07. The van der Waals surface area contributed by atoms with Crippen molar-refractivity contribution in [1.82, 2.24) is 0 Å². The van der Waals surface area contributed by atoms with Crippen molar-refractivity contribution in [2.24, 2.45) is 0 Å². The number of morpholine rings is 1. The van der Waals surface area contributed by atoms with Crippen LogP contribution in [0, 0.1) is 6.92 Å². The molecule has 5 nitrogen and oxygen atoms in total. The van der Waals surface area contributed by atoms with Crippen LogP contribution in [0.2, 0.25) is 5.02 Å². The molecule has 144 valence electrons. The van der Waals surface area contributed by atoms with E-state index in [1.54, 1.807) is 30.3 Å². The predicted molar refractivity (Wildman–Crippen MR) is 114 cm³/mol. The zero-order valence-electron chi connectivity index (χ0n) is 15.4. The van der Waals surface area contributed by atoms with Gasteiger partial charge in [-0.1, -0.05) is 17.7 Å². The van der Waals surface area contributed by atoms with Crippen molar-refractivity contribution in [2.75, 3.05) is 36.1 Å². The molecular formula is C21H19ClN2O3S. The predicted octanol–water partition coefficient (Wildman–Crippen LogP) is 4.73. The normalized spacial score (nSPS) is 19.0. The van der Waals surface area contributed by atoms with Crippen LogP contribution in [-0.4, -0.2) is 37.4 Å². The molecule has 2 fully saturated rings. The summed E-state index contributed by atoms with van der Waals surface area (Å²) in [5, 5.41) is 0.252. The monoisotopic (exact) mass is 414 g/mol. The van der Waals surface area contributed by atoms with Gasteiger partial charge in [0.05, 0.1) is 23.8 Å². The molecule has 0 aromatic heterocycles. The number of halogens is 1. The van der Waals surface area contributed by atoms with Gasteiger partial charge in [-0.3, -0.25) is 9.59 Å². The summed E-state index contributed by atoms with van der Waals surface area (Å²) in [6.45, 7) is 5.28. The molecule has 0 atom stereocenters. The zero-order chi connectivity index (χ0) is 19.7. The lowest BCUT2D eigenvalue weighted by Gasteiger charge is -2.30. The molecule has 0 unspecified atom stereocenters. The van der Waals surface area contributed by atoms with Crippen LogP contribution in [0.5, 0.6) is 0 Å². The van der Waals surface area contributed by atoms with Gasteiger partial charge in [-0.25, -0.2) is 4.90 Å². The third kappa shape index (κ3) is 3.81. The quantitative estimate of drug-likeness (QED) is 0.680. The molecule has 2 aliphatic heterocycles. The van der Waals surface area contributed by atoms with Gasteiger partial charge in [-0.15, -0.1) is 0 Å². The van der Waals surface area contributed by atoms with Crippen LogP contribution in [0.1, 0.15) is 11.1 Å². The van der Waals surface area contributed by atoms with E-state index in [1.807, 2.05) is 12.1 Å². The topological polar surface area (TPSA) is 49.9 Å². The lowest BCUT2D eigenvalue weighted by molar-refractivity contribution is -0.113. The van der Waals surface area contributed by atoms with E-state index in [-0.39, 0.29) is 11.1 Å². The van der Waals surface area contributed by atoms with Crippen molar-refractivity contribution in [1.29, 1.82) is 0 Å². The van der Waals surface area contributed by atoms with Crippen molar-refractivity contribution in [3.8, 4) is 0 Å². The number of carbonyl (C=O) groups is 2. The summed E-state index contributed by atoms with van der Waals surface area (Å²) >= 11 is 6.85. The zero-order valence-corrected chi connectivity index (χ0v) is 16.9. The minimum atomic E-state index is -0.313. The number of amides is 2. The van der Waals surface area contributed by atoms with E-state index in [9.17, 15) is 9.59 Å². The van der Waals surface area contributed by atoms with E-state index >= 15 is 0 Å². The van der Waals surface area contributed by atoms with E-state index in [4.69, 9.17) is 16.3 Å². The summed E-state index contributed by atoms with van der Waals surface area (Å²) in [5.41, 5.74) is 3.73. The van der Waals surface area contributed by atoms with Gasteiger partial charge in [0.1, 0.15) is 0 Å². The number of hydrogen-bond donors (Lipinski definition) is 0. The Hall–Kier alpha value is -2.28. The Morgan fingerprint density at radius 1 is 1.07 bits per heavy atom. The highest BCUT2D eigenvalue weighted by Gasteiger charge is 2.36. The number of aryl methyl sites for hydroxylation is 1. The van der Waals surface area contributed by atoms with Gasteiger partial charge >= 0.3 is 0 Å². The van der Waals surface area contributed by atoms with Crippen LogP contribution in [0.4, 0.5) is 16.2 Å². The Kier molecular flexibility index (Phi) is 5.44. The number of rotatable bonds is 3. The molecule has 0 radical (unpaired) electrons. The van der Waals surface area contributed by atoms with Gasteiger partial charge in [0, 0.05) is 23.8 Å². The van der Waals surface area contributed by atoms with Crippen LogP contribution >= 0.6 is 23.4 Å². The first-order chi connectivity index (χ1) is 13.5. The van der Waals surface area contributed by atoms with E-state index in [2.05, 4.69) is 17.9 Å². The van der Waals surface area contributed by atoms with Gasteiger partial charge in [0.2, 0.25) is 0 Å². The fourth-order valence-corrected chi connectivity index (χ4v) is 4.33. The fourth-order valence-electron chi connectivity index (χ4n) is 3.36. The Balaban J connectivity index is 1.57. The SMILES string of the molecule is Cc1cc(/C=C2/SC(=O)N(c3ccc(Cl)cc3)C2=O)ccc1N1CCOCC1. The third-order valence-electron chi connectivity index (χ3n) is 4.75. The maximum atomic E-state index is 12.8. The Labute approximate surface area is 172 Å². The first-order valence-electron chi connectivity index (χ1n) is 9.00. The third-order valence-corrected chi connectivity index (χ3v) is 5.87. The Morgan fingerprint density at radius 3 is 2.46 bits per heavy atom. The van der Waals surface area contributed by atoms with Gasteiger partial charge < -0.3 is 9.64 Å². The highest BCUT2D eigenvalue weighted by molar-refractivity contribution is 8.19. The van der Waals surface area contributed by atoms with Gasteiger partial charge in [-0.2, -0.15) is 0 Å². The minimum Gasteiger partial charge on any atom is -0.378 e. The summed E-state index contributed by atoms with van der Waals surface area (Å²) < 4.78 is 5.41. The number of imide groups is 1. The summed E-state index contributed by atoms with van der Waals surface area (Å²) in [6.07, 6.45) is 1.77. The molecule has 2 aromatic carbocycles. The molecule has 7 heteroatoms. The maximum Gasteiger partial charge on any atom is 0.298 e. The van der Waals surface area contributed by atoms with E-state index in [0.717, 1.165) is 49.2 Å². The number of anilines is 2. The summed E-state index contributed by atoms with van der Waals surface area (Å²) in [5.74, 6) is -0.313. The lowest BCUT2D eigenvalue weighted by atomic mass is 10.1. The lowest BCUT2D eigenvalue weighted by Crippen LogP contribution is -2.36. The van der Waals surface area contributed by atoms with E-state index < -0.39 is 0 Å². The van der Waals surface area contributed by atoms with Gasteiger partial charge in [0.25, 0.3) is 11.1 Å². The number of ether oxygens (including phenoxy) is 1. The number of carbonyl (C=O) groups excluding carboxylic acids is 2. The first-order valence-corrected chi connectivity index (χ1v) is 10.2. The van der Waals surface area contributed by atoms with Crippen LogP contribution in [0.15, 0.2) is 47.4 Å². The van der Waals surface area contributed by atoms with Crippen LogP contribution in [0.25, 0.3) is 6.08 Å². The van der Waals surface area contributed by atoms with Gasteiger partial charge in [0.15, 0.2) is 0 Å². The van der Waals surface area contributed by atoms with Crippen LogP contribution < -0.4 is 9.80 Å². The van der Waals surface area contributed by atoms with Crippen molar-refractivity contribution in [2.45, 2.75) is 6.92 Å². The molecule has 2 amide bonds. The second kappa shape index (κ2) is 7.99. The number of nitrogens with zero attached hydrogens (tertiary/aromatic N) is 2. The molecule has 0 saturated carbocycles. The highest BCUT2D eigenvalue weighted by Crippen LogP contribution is 2.36. The average Bonchev–Trinajstić information content (AvgIpc) is 2.97. The van der Waals surface area contributed by atoms with Gasteiger partial charge in [-0.05, 0) is 72.3 Å². The van der Waals surface area contributed by atoms with Crippen molar-refractivity contribution < 1.29 is 14.3 Å². The van der Waals surface area contributed by atoms with Crippen molar-refractivity contribution in [3.05, 3.63) is 63.5 Å². The largest absolute Gasteiger partial charge is 0.378 e. The Morgan fingerprint density at radius 2 is 1.79 bits per heavy atom. The Bertz CT molecular complexity index is 953. The number of hydrogen-bond acceptors (Lipinski definition) is 5. The summed E-state index contributed by atoms with van der Waals surface area (Å²) in [6, 6.07) is 12.8. The summed E-state index contributed by atoms with van der Waals surface area (Å²) in [4.78, 5) is 29.0. The molecule has 2 aliphatic rings. The first kappa shape index (κ1) is 19.1. The molecule has 2 heterocycles. The molecule has 0 spiro atoms. The van der Waals surface area contributed by atoms with Crippen molar-refractivity contribution in [3.63, 3.8) is 0 Å². The number of thioether (sulfide) groups is 1. The summed E-state index contributed by atoms with van der Waals surface area (Å²) in [7, 11) is 0. The van der Waals surface area contributed by atoms with Crippen LogP contribution in [0.3, 0.4) is 0 Å². The maximum absolute atomic E-state index is 12.8. The average molecular weight is 415 g/mol. The molecule has 4 rings (SSSR count). The molecule has 0 aliphatic carbocycles. The molecule has 0 bridgehead atoms. The second-order valence-electron chi connectivity index (χ2n) is 6.64.